The Morgan fingerprint density at radius 2 is 2.00 bits per heavy atom. The largest absolute Gasteiger partial charge is 0.417 e. The zero-order chi connectivity index (χ0) is 14.0. The van der Waals surface area contributed by atoms with Gasteiger partial charge in [0.05, 0.1) is 11.8 Å². The Balaban J connectivity index is 2.40. The lowest BCUT2D eigenvalue weighted by molar-refractivity contribution is -0.137. The van der Waals surface area contributed by atoms with Crippen LogP contribution in [0.1, 0.15) is 23.7 Å². The number of aromatic nitrogens is 3. The fourth-order valence-corrected chi connectivity index (χ4v) is 2.24. The van der Waals surface area contributed by atoms with Gasteiger partial charge in [0, 0.05) is 22.8 Å². The molecular weight excluding hydrogens is 323 g/mol. The van der Waals surface area contributed by atoms with E-state index in [1.54, 1.807) is 10.9 Å². The maximum atomic E-state index is 12.5. The van der Waals surface area contributed by atoms with Crippen LogP contribution in [0, 0.1) is 0 Å². The molecule has 0 aromatic carbocycles. The monoisotopic (exact) mass is 333 g/mol. The fraction of sp³-hybridized carbons (Fsp3) is 0.333. The van der Waals surface area contributed by atoms with Crippen LogP contribution in [0.25, 0.3) is 5.82 Å². The van der Waals surface area contributed by atoms with Gasteiger partial charge in [-0.25, -0.2) is 9.67 Å². The van der Waals surface area contributed by atoms with Gasteiger partial charge in [-0.05, 0) is 18.6 Å². The number of nitrogens with zero attached hydrogens (tertiary/aromatic N) is 3. The van der Waals surface area contributed by atoms with Crippen LogP contribution < -0.4 is 0 Å². The van der Waals surface area contributed by atoms with E-state index in [1.807, 2.05) is 6.92 Å². The first-order valence-corrected chi connectivity index (χ1v) is 6.75. The second kappa shape index (κ2) is 5.32. The molecule has 0 saturated heterocycles. The summed E-state index contributed by atoms with van der Waals surface area (Å²) in [6.45, 7) is 1.96. The molecule has 0 radical (unpaired) electrons. The maximum absolute atomic E-state index is 12.5. The van der Waals surface area contributed by atoms with Crippen molar-refractivity contribution in [3.63, 3.8) is 0 Å². The number of halogens is 4. The summed E-state index contributed by atoms with van der Waals surface area (Å²) in [6, 6.07) is 2.34. The zero-order valence-electron chi connectivity index (χ0n) is 10.1. The second-order valence-electron chi connectivity index (χ2n) is 3.92. The Bertz CT molecular complexity index is 561. The van der Waals surface area contributed by atoms with Gasteiger partial charge in [0.1, 0.15) is 0 Å². The average Bonchev–Trinajstić information content (AvgIpc) is 2.80. The highest BCUT2D eigenvalue weighted by Gasteiger charge is 2.30. The normalized spacial score (nSPS) is 11.8. The van der Waals surface area contributed by atoms with Crippen LogP contribution in [0.15, 0.2) is 24.5 Å². The summed E-state index contributed by atoms with van der Waals surface area (Å²) in [6.07, 6.45) is -1.13. The standard InChI is InChI=1S/C12H11BrF3N3/c1-2-10-8(5-13)6-18-19(10)11-4-3-9(7-17-11)12(14,15)16/h3-4,6-7H,2,5H2,1H3. The highest BCUT2D eigenvalue weighted by Crippen LogP contribution is 2.29. The molecule has 0 amide bonds. The first kappa shape index (κ1) is 14.0. The molecule has 2 aromatic rings. The summed E-state index contributed by atoms with van der Waals surface area (Å²) in [5.41, 5.74) is 1.18. The van der Waals surface area contributed by atoms with Gasteiger partial charge in [-0.3, -0.25) is 0 Å². The third-order valence-electron chi connectivity index (χ3n) is 2.73. The van der Waals surface area contributed by atoms with E-state index in [4.69, 9.17) is 0 Å². The lowest BCUT2D eigenvalue weighted by Crippen LogP contribution is -2.08. The Kier molecular flexibility index (Phi) is 3.93. The summed E-state index contributed by atoms with van der Waals surface area (Å²) in [5.74, 6) is 0.386. The van der Waals surface area contributed by atoms with E-state index < -0.39 is 11.7 Å². The molecule has 19 heavy (non-hydrogen) atoms. The van der Waals surface area contributed by atoms with Crippen molar-refractivity contribution in [2.75, 3.05) is 0 Å². The molecule has 0 atom stereocenters. The van der Waals surface area contributed by atoms with Gasteiger partial charge >= 0.3 is 6.18 Å². The van der Waals surface area contributed by atoms with Crippen molar-refractivity contribution in [3.8, 4) is 5.82 Å². The molecule has 0 N–H and O–H groups in total. The lowest BCUT2D eigenvalue weighted by Gasteiger charge is -2.09. The van der Waals surface area contributed by atoms with E-state index in [-0.39, 0.29) is 0 Å². The summed E-state index contributed by atoms with van der Waals surface area (Å²) >= 11 is 3.35. The Hall–Kier alpha value is -1.37. The summed E-state index contributed by atoms with van der Waals surface area (Å²) < 4.78 is 38.9. The number of rotatable bonds is 3. The predicted molar refractivity (Wildman–Crippen MR) is 68.4 cm³/mol. The van der Waals surface area contributed by atoms with Crippen LogP contribution in [-0.4, -0.2) is 14.8 Å². The molecule has 2 aromatic heterocycles. The summed E-state index contributed by atoms with van der Waals surface area (Å²) in [4.78, 5) is 3.84. The Morgan fingerprint density at radius 3 is 2.47 bits per heavy atom. The van der Waals surface area contributed by atoms with Gasteiger partial charge in [0.2, 0.25) is 0 Å². The molecule has 0 unspecified atom stereocenters. The second-order valence-corrected chi connectivity index (χ2v) is 4.48. The Labute approximate surface area is 116 Å². The predicted octanol–water partition coefficient (Wildman–Crippen LogP) is 3.74. The highest BCUT2D eigenvalue weighted by atomic mass is 79.9. The SMILES string of the molecule is CCc1c(CBr)cnn1-c1ccc(C(F)(F)F)cn1. The molecule has 2 rings (SSSR count). The van der Waals surface area contributed by atoms with Gasteiger partial charge in [-0.1, -0.05) is 22.9 Å². The van der Waals surface area contributed by atoms with E-state index in [0.717, 1.165) is 29.9 Å². The third-order valence-corrected chi connectivity index (χ3v) is 3.33. The Morgan fingerprint density at radius 1 is 1.26 bits per heavy atom. The van der Waals surface area contributed by atoms with E-state index in [0.29, 0.717) is 11.1 Å². The fourth-order valence-electron chi connectivity index (χ4n) is 1.77. The van der Waals surface area contributed by atoms with Gasteiger partial charge in [-0.15, -0.1) is 0 Å². The molecule has 0 fully saturated rings. The number of hydrogen-bond acceptors (Lipinski definition) is 2. The van der Waals surface area contributed by atoms with E-state index in [1.165, 1.54) is 6.07 Å². The average molecular weight is 334 g/mol. The van der Waals surface area contributed by atoms with Crippen molar-refractivity contribution in [2.45, 2.75) is 24.9 Å². The molecule has 2 heterocycles. The van der Waals surface area contributed by atoms with E-state index in [9.17, 15) is 13.2 Å². The molecule has 0 aliphatic rings. The molecule has 3 nitrogen and oxygen atoms in total. The molecule has 0 aliphatic carbocycles. The lowest BCUT2D eigenvalue weighted by atomic mass is 10.2. The quantitative estimate of drug-likeness (QED) is 0.801. The van der Waals surface area contributed by atoms with Crippen molar-refractivity contribution in [1.82, 2.24) is 14.8 Å². The number of hydrogen-bond donors (Lipinski definition) is 0. The number of pyridine rings is 1. The summed E-state index contributed by atoms with van der Waals surface area (Å²) in [5, 5.41) is 4.81. The molecule has 0 aliphatic heterocycles. The van der Waals surface area contributed by atoms with Gasteiger partial charge in [0.25, 0.3) is 0 Å². The topological polar surface area (TPSA) is 30.7 Å². The minimum absolute atomic E-state index is 0.386. The zero-order valence-corrected chi connectivity index (χ0v) is 11.7. The molecular formula is C12H11BrF3N3. The van der Waals surface area contributed by atoms with Gasteiger partial charge in [0.15, 0.2) is 5.82 Å². The van der Waals surface area contributed by atoms with E-state index in [2.05, 4.69) is 26.0 Å². The first-order valence-electron chi connectivity index (χ1n) is 5.62. The van der Waals surface area contributed by atoms with Crippen LogP contribution in [0.5, 0.6) is 0 Å². The smallest absolute Gasteiger partial charge is 0.236 e. The minimum Gasteiger partial charge on any atom is -0.236 e. The van der Waals surface area contributed by atoms with Crippen molar-refractivity contribution < 1.29 is 13.2 Å². The number of alkyl halides is 4. The van der Waals surface area contributed by atoms with E-state index >= 15 is 0 Å². The first-order chi connectivity index (χ1) is 8.97. The van der Waals surface area contributed by atoms with Crippen LogP contribution in [0.2, 0.25) is 0 Å². The van der Waals surface area contributed by atoms with Gasteiger partial charge in [-0.2, -0.15) is 18.3 Å². The van der Waals surface area contributed by atoms with Crippen molar-refractivity contribution in [2.24, 2.45) is 0 Å². The minimum atomic E-state index is -4.37. The van der Waals surface area contributed by atoms with Crippen molar-refractivity contribution >= 4 is 15.9 Å². The van der Waals surface area contributed by atoms with Crippen LogP contribution in [0.3, 0.4) is 0 Å². The maximum Gasteiger partial charge on any atom is 0.417 e. The molecule has 0 saturated carbocycles. The molecule has 102 valence electrons. The van der Waals surface area contributed by atoms with Crippen LogP contribution in [0.4, 0.5) is 13.2 Å². The van der Waals surface area contributed by atoms with Crippen molar-refractivity contribution in [1.29, 1.82) is 0 Å². The van der Waals surface area contributed by atoms with Crippen LogP contribution in [-0.2, 0) is 17.9 Å². The molecule has 7 heteroatoms. The van der Waals surface area contributed by atoms with Gasteiger partial charge < -0.3 is 0 Å². The summed E-state index contributed by atoms with van der Waals surface area (Å²) in [7, 11) is 0. The van der Waals surface area contributed by atoms with Crippen LogP contribution >= 0.6 is 15.9 Å². The molecule has 0 bridgehead atoms. The third kappa shape index (κ3) is 2.80. The van der Waals surface area contributed by atoms with Crippen molar-refractivity contribution in [3.05, 3.63) is 41.3 Å². The highest BCUT2D eigenvalue weighted by molar-refractivity contribution is 9.08. The molecule has 0 spiro atoms.